The van der Waals surface area contributed by atoms with Crippen molar-refractivity contribution in [1.29, 1.82) is 0 Å². The van der Waals surface area contributed by atoms with Crippen LogP contribution in [0.3, 0.4) is 0 Å². The van der Waals surface area contributed by atoms with E-state index in [4.69, 9.17) is 9.47 Å². The van der Waals surface area contributed by atoms with Gasteiger partial charge in [-0.05, 0) is 37.0 Å². The summed E-state index contributed by atoms with van der Waals surface area (Å²) in [7, 11) is 0. The molecular formula is C22H26FN3O3. The van der Waals surface area contributed by atoms with Crippen molar-refractivity contribution in [2.75, 3.05) is 50.9 Å². The van der Waals surface area contributed by atoms with Crippen molar-refractivity contribution in [2.24, 2.45) is 5.92 Å². The fraction of sp³-hybridized carbons (Fsp3) is 0.455. The number of nitrogens with zero attached hydrogens (tertiary/aromatic N) is 3. The Morgan fingerprint density at radius 1 is 1.14 bits per heavy atom. The molecule has 6 nitrogen and oxygen atoms in total. The maximum Gasteiger partial charge on any atom is 0.254 e. The first-order valence-electron chi connectivity index (χ1n) is 10.2. The molecule has 1 aromatic heterocycles. The molecular weight excluding hydrogens is 373 g/mol. The van der Waals surface area contributed by atoms with Gasteiger partial charge in [0, 0.05) is 57.2 Å². The number of aromatic nitrogens is 1. The minimum Gasteiger partial charge on any atom is -0.477 e. The number of carbonyl (C=O) groups excluding carboxylic acids is 1. The third-order valence-corrected chi connectivity index (χ3v) is 5.55. The van der Waals surface area contributed by atoms with E-state index in [-0.39, 0.29) is 11.7 Å². The Kier molecular flexibility index (Phi) is 6.24. The number of benzene rings is 1. The van der Waals surface area contributed by atoms with E-state index in [1.165, 1.54) is 6.07 Å². The second kappa shape index (κ2) is 9.22. The zero-order chi connectivity index (χ0) is 20.1. The minimum atomic E-state index is -0.229. The van der Waals surface area contributed by atoms with Gasteiger partial charge in [0.2, 0.25) is 5.88 Å². The highest BCUT2D eigenvalue weighted by Gasteiger charge is 2.24. The van der Waals surface area contributed by atoms with Crippen LogP contribution in [0.4, 0.5) is 10.1 Å². The van der Waals surface area contributed by atoms with Gasteiger partial charge in [-0.1, -0.05) is 12.1 Å². The molecule has 2 saturated heterocycles. The third-order valence-electron chi connectivity index (χ3n) is 5.55. The van der Waals surface area contributed by atoms with Crippen molar-refractivity contribution < 1.29 is 18.7 Å². The number of para-hydroxylation sites is 1. The van der Waals surface area contributed by atoms with Crippen molar-refractivity contribution in [2.45, 2.75) is 12.8 Å². The first-order chi connectivity index (χ1) is 14.2. The summed E-state index contributed by atoms with van der Waals surface area (Å²) in [4.78, 5) is 20.9. The van der Waals surface area contributed by atoms with Crippen LogP contribution in [0.15, 0.2) is 42.6 Å². The fourth-order valence-corrected chi connectivity index (χ4v) is 3.78. The van der Waals surface area contributed by atoms with Gasteiger partial charge in [0.25, 0.3) is 5.91 Å². The topological polar surface area (TPSA) is 54.9 Å². The van der Waals surface area contributed by atoms with Crippen molar-refractivity contribution in [3.8, 4) is 5.88 Å². The van der Waals surface area contributed by atoms with Gasteiger partial charge in [0.1, 0.15) is 5.82 Å². The van der Waals surface area contributed by atoms with Crippen LogP contribution < -0.4 is 9.64 Å². The van der Waals surface area contributed by atoms with Gasteiger partial charge in [-0.2, -0.15) is 0 Å². The van der Waals surface area contributed by atoms with Gasteiger partial charge >= 0.3 is 0 Å². The largest absolute Gasteiger partial charge is 0.477 e. The average Bonchev–Trinajstić information content (AvgIpc) is 2.79. The van der Waals surface area contributed by atoms with Crippen LogP contribution >= 0.6 is 0 Å². The zero-order valence-corrected chi connectivity index (χ0v) is 16.4. The lowest BCUT2D eigenvalue weighted by atomic mass is 10.0. The predicted octanol–water partition coefficient (Wildman–Crippen LogP) is 2.99. The molecule has 2 fully saturated rings. The molecule has 1 amide bonds. The lowest BCUT2D eigenvalue weighted by Crippen LogP contribution is -2.49. The van der Waals surface area contributed by atoms with Crippen LogP contribution in [-0.2, 0) is 4.74 Å². The van der Waals surface area contributed by atoms with Gasteiger partial charge in [-0.25, -0.2) is 9.37 Å². The number of ether oxygens (including phenoxy) is 2. The normalized spacial score (nSPS) is 18.0. The van der Waals surface area contributed by atoms with Crippen LogP contribution in [0.1, 0.15) is 23.2 Å². The monoisotopic (exact) mass is 399 g/mol. The molecule has 0 aliphatic carbocycles. The Bertz CT molecular complexity index is 834. The molecule has 7 heteroatoms. The predicted molar refractivity (Wildman–Crippen MR) is 108 cm³/mol. The number of carbonyl (C=O) groups is 1. The summed E-state index contributed by atoms with van der Waals surface area (Å²) in [6.45, 7) is 4.45. The molecule has 0 atom stereocenters. The number of hydrogen-bond acceptors (Lipinski definition) is 5. The molecule has 2 aliphatic rings. The summed E-state index contributed by atoms with van der Waals surface area (Å²) in [6, 6.07) is 10.2. The summed E-state index contributed by atoms with van der Waals surface area (Å²) >= 11 is 0. The van der Waals surface area contributed by atoms with Gasteiger partial charge in [-0.3, -0.25) is 4.79 Å². The average molecular weight is 399 g/mol. The van der Waals surface area contributed by atoms with Gasteiger partial charge < -0.3 is 19.3 Å². The molecule has 2 aliphatic heterocycles. The van der Waals surface area contributed by atoms with Gasteiger partial charge in [0.15, 0.2) is 0 Å². The molecule has 0 unspecified atom stereocenters. The zero-order valence-electron chi connectivity index (χ0n) is 16.4. The maximum absolute atomic E-state index is 14.0. The Labute approximate surface area is 170 Å². The van der Waals surface area contributed by atoms with Crippen LogP contribution in [0.2, 0.25) is 0 Å². The highest BCUT2D eigenvalue weighted by atomic mass is 19.1. The maximum atomic E-state index is 14.0. The van der Waals surface area contributed by atoms with E-state index in [1.54, 1.807) is 35.4 Å². The molecule has 2 aromatic rings. The van der Waals surface area contributed by atoms with E-state index in [1.807, 2.05) is 11.0 Å². The number of hydrogen-bond donors (Lipinski definition) is 0. The Morgan fingerprint density at radius 2 is 1.90 bits per heavy atom. The Morgan fingerprint density at radius 3 is 2.66 bits per heavy atom. The summed E-state index contributed by atoms with van der Waals surface area (Å²) < 4.78 is 25.2. The highest BCUT2D eigenvalue weighted by molar-refractivity contribution is 5.94. The SMILES string of the molecule is O=C(c1ccnc(OCC2CCOCC2)c1)N1CCN(c2ccccc2F)CC1. The number of amides is 1. The van der Waals surface area contributed by atoms with E-state index >= 15 is 0 Å². The summed E-state index contributed by atoms with van der Waals surface area (Å²) in [5, 5.41) is 0. The first-order valence-corrected chi connectivity index (χ1v) is 10.2. The molecule has 0 N–H and O–H groups in total. The fourth-order valence-electron chi connectivity index (χ4n) is 3.78. The molecule has 0 spiro atoms. The van der Waals surface area contributed by atoms with E-state index < -0.39 is 0 Å². The second-order valence-electron chi connectivity index (χ2n) is 7.48. The van der Waals surface area contributed by atoms with Crippen LogP contribution in [0, 0.1) is 11.7 Å². The van der Waals surface area contributed by atoms with Gasteiger partial charge in [0.05, 0.1) is 12.3 Å². The molecule has 4 rings (SSSR count). The standard InChI is InChI=1S/C22H26FN3O3/c23-19-3-1-2-4-20(19)25-9-11-26(12-10-25)22(27)18-5-8-24-21(15-18)29-16-17-6-13-28-14-7-17/h1-5,8,15,17H,6-7,9-14,16H2. The summed E-state index contributed by atoms with van der Waals surface area (Å²) in [6.07, 6.45) is 3.60. The third kappa shape index (κ3) is 4.85. The first kappa shape index (κ1) is 19.6. The number of anilines is 1. The van der Waals surface area contributed by atoms with Crippen LogP contribution in [-0.4, -0.2) is 61.8 Å². The second-order valence-corrected chi connectivity index (χ2v) is 7.48. The number of halogens is 1. The number of rotatable bonds is 5. The lowest BCUT2D eigenvalue weighted by molar-refractivity contribution is 0.0490. The highest BCUT2D eigenvalue weighted by Crippen LogP contribution is 2.22. The van der Waals surface area contributed by atoms with Crippen molar-refractivity contribution in [3.05, 3.63) is 54.0 Å². The molecule has 154 valence electrons. The molecule has 0 bridgehead atoms. The summed E-state index contributed by atoms with van der Waals surface area (Å²) in [5.41, 5.74) is 1.16. The van der Waals surface area contributed by atoms with Crippen molar-refractivity contribution in [3.63, 3.8) is 0 Å². The minimum absolute atomic E-state index is 0.0449. The van der Waals surface area contributed by atoms with E-state index in [0.29, 0.717) is 55.8 Å². The quantitative estimate of drug-likeness (QED) is 0.774. The number of pyridine rings is 1. The van der Waals surface area contributed by atoms with Gasteiger partial charge in [-0.15, -0.1) is 0 Å². The van der Waals surface area contributed by atoms with Crippen molar-refractivity contribution in [1.82, 2.24) is 9.88 Å². The molecule has 0 radical (unpaired) electrons. The molecule has 29 heavy (non-hydrogen) atoms. The Hall–Kier alpha value is -2.67. The Balaban J connectivity index is 1.33. The molecule has 3 heterocycles. The van der Waals surface area contributed by atoms with Crippen LogP contribution in [0.5, 0.6) is 5.88 Å². The van der Waals surface area contributed by atoms with Crippen molar-refractivity contribution >= 4 is 11.6 Å². The summed E-state index contributed by atoms with van der Waals surface area (Å²) in [5.74, 6) is 0.674. The van der Waals surface area contributed by atoms with E-state index in [0.717, 1.165) is 26.1 Å². The van der Waals surface area contributed by atoms with E-state index in [2.05, 4.69) is 4.98 Å². The molecule has 0 saturated carbocycles. The van der Waals surface area contributed by atoms with E-state index in [9.17, 15) is 9.18 Å². The molecule has 1 aromatic carbocycles. The smallest absolute Gasteiger partial charge is 0.254 e. The number of piperazine rings is 1. The van der Waals surface area contributed by atoms with Crippen LogP contribution in [0.25, 0.3) is 0 Å². The lowest BCUT2D eigenvalue weighted by Gasteiger charge is -2.36.